The minimum Gasteiger partial charge on any atom is -0.325 e. The number of rotatable bonds is 2. The van der Waals surface area contributed by atoms with E-state index in [-0.39, 0.29) is 5.54 Å². The standard InChI is InChI=1S/C7H12BrN3/c1-7(2,9)3-5-4-10-11-6(5)8/h4H,3,9H2,1-2H3,(H,10,11). The van der Waals surface area contributed by atoms with Crippen molar-refractivity contribution in [3.05, 3.63) is 16.4 Å². The third kappa shape index (κ3) is 2.63. The zero-order valence-corrected chi connectivity index (χ0v) is 8.27. The molecule has 0 aliphatic rings. The molecule has 0 saturated heterocycles. The molecule has 4 heteroatoms. The van der Waals surface area contributed by atoms with E-state index in [2.05, 4.69) is 26.1 Å². The van der Waals surface area contributed by atoms with Crippen molar-refractivity contribution in [1.29, 1.82) is 0 Å². The molecule has 1 aromatic heterocycles. The summed E-state index contributed by atoms with van der Waals surface area (Å²) in [6, 6.07) is 0. The van der Waals surface area contributed by atoms with Gasteiger partial charge in [-0.15, -0.1) is 0 Å². The molecular formula is C7H12BrN3. The molecule has 0 saturated carbocycles. The number of nitrogens with one attached hydrogen (secondary N) is 1. The third-order valence-corrected chi connectivity index (χ3v) is 2.00. The van der Waals surface area contributed by atoms with Gasteiger partial charge in [-0.05, 0) is 36.2 Å². The summed E-state index contributed by atoms with van der Waals surface area (Å²) in [5, 5.41) is 6.68. The van der Waals surface area contributed by atoms with E-state index < -0.39 is 0 Å². The van der Waals surface area contributed by atoms with Gasteiger partial charge in [-0.1, -0.05) is 0 Å². The molecule has 0 bridgehead atoms. The average molecular weight is 218 g/mol. The number of nitrogens with zero attached hydrogens (tertiary/aromatic N) is 1. The zero-order valence-electron chi connectivity index (χ0n) is 6.69. The largest absolute Gasteiger partial charge is 0.325 e. The summed E-state index contributed by atoms with van der Waals surface area (Å²) in [4.78, 5) is 0. The molecule has 0 atom stereocenters. The molecule has 3 N–H and O–H groups in total. The van der Waals surface area contributed by atoms with Gasteiger partial charge in [0, 0.05) is 11.1 Å². The van der Waals surface area contributed by atoms with Gasteiger partial charge in [0.1, 0.15) is 4.60 Å². The molecule has 0 aromatic carbocycles. The Morgan fingerprint density at radius 1 is 1.73 bits per heavy atom. The van der Waals surface area contributed by atoms with Crippen LogP contribution in [0.15, 0.2) is 10.8 Å². The predicted molar refractivity (Wildman–Crippen MR) is 48.3 cm³/mol. The van der Waals surface area contributed by atoms with Crippen LogP contribution in [0.2, 0.25) is 0 Å². The van der Waals surface area contributed by atoms with Crippen LogP contribution in [0.1, 0.15) is 19.4 Å². The number of hydrogen-bond donors (Lipinski definition) is 2. The minimum absolute atomic E-state index is 0.174. The second-order valence-electron chi connectivity index (χ2n) is 3.37. The smallest absolute Gasteiger partial charge is 0.104 e. The SMILES string of the molecule is CC(C)(N)Cc1cn[nH]c1Br. The van der Waals surface area contributed by atoms with Gasteiger partial charge in [-0.25, -0.2) is 0 Å². The van der Waals surface area contributed by atoms with E-state index in [0.29, 0.717) is 0 Å². The van der Waals surface area contributed by atoms with Crippen molar-refractivity contribution >= 4 is 15.9 Å². The van der Waals surface area contributed by atoms with Gasteiger partial charge in [0.25, 0.3) is 0 Å². The van der Waals surface area contributed by atoms with Crippen LogP contribution in [0.3, 0.4) is 0 Å². The highest BCUT2D eigenvalue weighted by molar-refractivity contribution is 9.10. The molecule has 62 valence electrons. The molecule has 0 aliphatic heterocycles. The first-order valence-corrected chi connectivity index (χ1v) is 4.25. The van der Waals surface area contributed by atoms with Crippen LogP contribution in [-0.2, 0) is 6.42 Å². The Labute approximate surface area is 74.5 Å². The van der Waals surface area contributed by atoms with Crippen molar-refractivity contribution in [2.24, 2.45) is 5.73 Å². The Morgan fingerprint density at radius 2 is 2.36 bits per heavy atom. The summed E-state index contributed by atoms with van der Waals surface area (Å²) in [5.74, 6) is 0. The molecule has 11 heavy (non-hydrogen) atoms. The maximum Gasteiger partial charge on any atom is 0.104 e. The van der Waals surface area contributed by atoms with Crippen molar-refractivity contribution in [3.8, 4) is 0 Å². The fourth-order valence-corrected chi connectivity index (χ4v) is 1.25. The third-order valence-electron chi connectivity index (χ3n) is 1.31. The summed E-state index contributed by atoms with van der Waals surface area (Å²) in [6.45, 7) is 3.98. The van der Waals surface area contributed by atoms with Crippen LogP contribution in [0.4, 0.5) is 0 Å². The lowest BCUT2D eigenvalue weighted by atomic mass is 9.99. The Morgan fingerprint density at radius 3 is 2.73 bits per heavy atom. The molecular weight excluding hydrogens is 206 g/mol. The lowest BCUT2D eigenvalue weighted by Crippen LogP contribution is -2.34. The van der Waals surface area contributed by atoms with Gasteiger partial charge in [0.15, 0.2) is 0 Å². The molecule has 0 fully saturated rings. The Bertz CT molecular complexity index is 236. The van der Waals surface area contributed by atoms with Gasteiger partial charge in [0.05, 0.1) is 6.20 Å². The number of H-pyrrole nitrogens is 1. The monoisotopic (exact) mass is 217 g/mol. The van der Waals surface area contributed by atoms with Gasteiger partial charge < -0.3 is 5.73 Å². The zero-order chi connectivity index (χ0) is 8.48. The van der Waals surface area contributed by atoms with Crippen LogP contribution < -0.4 is 5.73 Å². The summed E-state index contributed by atoms with van der Waals surface area (Å²) >= 11 is 3.35. The number of halogens is 1. The normalized spacial score (nSPS) is 12.0. The van der Waals surface area contributed by atoms with Crippen molar-refractivity contribution in [3.63, 3.8) is 0 Å². The lowest BCUT2D eigenvalue weighted by molar-refractivity contribution is 0.516. The first-order chi connectivity index (χ1) is 4.99. The summed E-state index contributed by atoms with van der Waals surface area (Å²) in [6.07, 6.45) is 2.61. The van der Waals surface area contributed by atoms with E-state index in [1.807, 2.05) is 13.8 Å². The molecule has 0 spiro atoms. The van der Waals surface area contributed by atoms with Gasteiger partial charge in [-0.2, -0.15) is 5.10 Å². The molecule has 3 nitrogen and oxygen atoms in total. The first kappa shape index (κ1) is 8.74. The molecule has 0 amide bonds. The fourth-order valence-electron chi connectivity index (χ4n) is 0.909. The minimum atomic E-state index is -0.174. The van der Waals surface area contributed by atoms with E-state index in [4.69, 9.17) is 5.73 Å². The van der Waals surface area contributed by atoms with Crippen molar-refractivity contribution < 1.29 is 0 Å². The van der Waals surface area contributed by atoms with E-state index in [1.165, 1.54) is 0 Å². The number of aromatic nitrogens is 2. The second-order valence-corrected chi connectivity index (χ2v) is 4.17. The highest BCUT2D eigenvalue weighted by atomic mass is 79.9. The Balaban J connectivity index is 2.72. The lowest BCUT2D eigenvalue weighted by Gasteiger charge is -2.16. The van der Waals surface area contributed by atoms with E-state index in [0.717, 1.165) is 16.6 Å². The van der Waals surface area contributed by atoms with Gasteiger partial charge >= 0.3 is 0 Å². The Kier molecular flexibility index (Phi) is 2.34. The molecule has 0 unspecified atom stereocenters. The summed E-state index contributed by atoms with van der Waals surface area (Å²) in [7, 11) is 0. The van der Waals surface area contributed by atoms with E-state index in [1.54, 1.807) is 6.20 Å². The molecule has 1 rings (SSSR count). The highest BCUT2D eigenvalue weighted by Gasteiger charge is 2.14. The molecule has 0 aliphatic carbocycles. The quantitative estimate of drug-likeness (QED) is 0.789. The molecule has 1 heterocycles. The maximum atomic E-state index is 5.83. The number of hydrogen-bond acceptors (Lipinski definition) is 2. The molecule has 0 radical (unpaired) electrons. The summed E-state index contributed by atoms with van der Waals surface area (Å²) < 4.78 is 0.927. The van der Waals surface area contributed by atoms with Crippen LogP contribution in [-0.4, -0.2) is 15.7 Å². The molecule has 1 aromatic rings. The van der Waals surface area contributed by atoms with E-state index in [9.17, 15) is 0 Å². The first-order valence-electron chi connectivity index (χ1n) is 3.46. The van der Waals surface area contributed by atoms with Crippen LogP contribution in [0.25, 0.3) is 0 Å². The van der Waals surface area contributed by atoms with Crippen LogP contribution in [0, 0.1) is 0 Å². The van der Waals surface area contributed by atoms with Crippen LogP contribution in [0.5, 0.6) is 0 Å². The van der Waals surface area contributed by atoms with Gasteiger partial charge in [0.2, 0.25) is 0 Å². The summed E-state index contributed by atoms with van der Waals surface area (Å²) in [5.41, 5.74) is 6.78. The second kappa shape index (κ2) is 2.95. The van der Waals surface area contributed by atoms with Crippen molar-refractivity contribution in [1.82, 2.24) is 10.2 Å². The maximum absolute atomic E-state index is 5.83. The van der Waals surface area contributed by atoms with Gasteiger partial charge in [-0.3, -0.25) is 5.10 Å². The number of aromatic amines is 1. The number of nitrogens with two attached hydrogens (primary N) is 1. The average Bonchev–Trinajstić information content (AvgIpc) is 2.12. The fraction of sp³-hybridized carbons (Fsp3) is 0.571. The van der Waals surface area contributed by atoms with Crippen LogP contribution >= 0.6 is 15.9 Å². The Hall–Kier alpha value is -0.350. The van der Waals surface area contributed by atoms with Crippen molar-refractivity contribution in [2.75, 3.05) is 0 Å². The van der Waals surface area contributed by atoms with E-state index >= 15 is 0 Å². The van der Waals surface area contributed by atoms with Crippen molar-refractivity contribution in [2.45, 2.75) is 25.8 Å². The predicted octanol–water partition coefficient (Wildman–Crippen LogP) is 1.45. The topological polar surface area (TPSA) is 54.7 Å². The highest BCUT2D eigenvalue weighted by Crippen LogP contribution is 2.16.